The zero-order valence-electron chi connectivity index (χ0n) is 19.9. The Morgan fingerprint density at radius 2 is 1.61 bits per heavy atom. The van der Waals surface area contributed by atoms with Crippen LogP contribution in [-0.2, 0) is 16.1 Å². The molecule has 0 saturated heterocycles. The van der Waals surface area contributed by atoms with E-state index in [4.69, 9.17) is 25.8 Å². The molecule has 0 aliphatic carbocycles. The second-order valence-corrected chi connectivity index (χ2v) is 8.10. The molecule has 2 amide bonds. The molecule has 2 atom stereocenters. The first-order valence-electron chi connectivity index (χ1n) is 11.0. The number of amides is 2. The number of hydrogen-bond donors (Lipinski definition) is 1. The maximum Gasteiger partial charge on any atom is 0.261 e. The Balaban J connectivity index is 2.27. The van der Waals surface area contributed by atoms with E-state index in [0.29, 0.717) is 28.7 Å². The van der Waals surface area contributed by atoms with Crippen molar-refractivity contribution in [3.8, 4) is 17.2 Å². The second kappa shape index (κ2) is 12.9. The number of rotatable bonds is 12. The highest BCUT2D eigenvalue weighted by molar-refractivity contribution is 6.31. The number of nitrogens with zero attached hydrogens (tertiary/aromatic N) is 1. The number of nitrogens with one attached hydrogen (secondary N) is 1. The molecule has 0 fully saturated rings. The fraction of sp³-hybridized carbons (Fsp3) is 0.440. The Morgan fingerprint density at radius 3 is 2.15 bits per heavy atom. The summed E-state index contributed by atoms with van der Waals surface area (Å²) in [5.41, 5.74) is 0.755. The van der Waals surface area contributed by atoms with Gasteiger partial charge in [0, 0.05) is 35.8 Å². The van der Waals surface area contributed by atoms with Gasteiger partial charge in [0.1, 0.15) is 23.3 Å². The molecule has 33 heavy (non-hydrogen) atoms. The van der Waals surface area contributed by atoms with E-state index in [9.17, 15) is 9.59 Å². The van der Waals surface area contributed by atoms with Crippen LogP contribution in [0.15, 0.2) is 42.5 Å². The molecule has 2 rings (SSSR count). The van der Waals surface area contributed by atoms with Crippen molar-refractivity contribution < 1.29 is 23.8 Å². The number of carbonyl (C=O) groups is 2. The highest BCUT2D eigenvalue weighted by Gasteiger charge is 2.30. The molecule has 1 N–H and O–H groups in total. The number of halogens is 1. The molecule has 0 heterocycles. The monoisotopic (exact) mass is 476 g/mol. The summed E-state index contributed by atoms with van der Waals surface area (Å²) in [5, 5.41) is 3.51. The zero-order chi connectivity index (χ0) is 24.4. The first-order valence-corrected chi connectivity index (χ1v) is 11.4. The molecular weight excluding hydrogens is 444 g/mol. The third-order valence-corrected chi connectivity index (χ3v) is 5.74. The largest absolute Gasteiger partial charge is 0.496 e. The van der Waals surface area contributed by atoms with Crippen LogP contribution < -0.4 is 19.5 Å². The van der Waals surface area contributed by atoms with Crippen molar-refractivity contribution in [1.29, 1.82) is 0 Å². The third-order valence-electron chi connectivity index (χ3n) is 5.37. The van der Waals surface area contributed by atoms with Crippen molar-refractivity contribution in [2.45, 2.75) is 52.2 Å². The minimum Gasteiger partial charge on any atom is -0.496 e. The van der Waals surface area contributed by atoms with Crippen LogP contribution in [0.25, 0.3) is 0 Å². The number of methoxy groups -OCH3 is 2. The average molecular weight is 477 g/mol. The molecule has 0 bridgehead atoms. The number of carbonyl (C=O) groups excluding carboxylic acids is 2. The van der Waals surface area contributed by atoms with E-state index >= 15 is 0 Å². The lowest BCUT2D eigenvalue weighted by molar-refractivity contribution is -0.143. The van der Waals surface area contributed by atoms with Crippen molar-refractivity contribution in [2.24, 2.45) is 0 Å². The van der Waals surface area contributed by atoms with Gasteiger partial charge in [-0.3, -0.25) is 9.59 Å². The third kappa shape index (κ3) is 7.56. The lowest BCUT2D eigenvalue weighted by Gasteiger charge is -2.31. The minimum atomic E-state index is -0.661. The van der Waals surface area contributed by atoms with E-state index < -0.39 is 6.04 Å². The van der Waals surface area contributed by atoms with Crippen LogP contribution in [0.3, 0.4) is 0 Å². The summed E-state index contributed by atoms with van der Waals surface area (Å²) in [6, 6.07) is 11.7. The van der Waals surface area contributed by atoms with Gasteiger partial charge in [0.15, 0.2) is 6.61 Å². The normalized spacial score (nSPS) is 12.4. The molecule has 8 heteroatoms. The fourth-order valence-corrected chi connectivity index (χ4v) is 3.46. The molecule has 0 aromatic heterocycles. The molecule has 180 valence electrons. The van der Waals surface area contributed by atoms with E-state index in [2.05, 4.69) is 5.32 Å². The summed E-state index contributed by atoms with van der Waals surface area (Å²) in [6.45, 7) is 5.74. The van der Waals surface area contributed by atoms with Gasteiger partial charge in [0.2, 0.25) is 5.91 Å². The molecule has 0 aliphatic rings. The van der Waals surface area contributed by atoms with E-state index in [1.165, 1.54) is 19.1 Å². The smallest absolute Gasteiger partial charge is 0.261 e. The molecule has 0 unspecified atom stereocenters. The van der Waals surface area contributed by atoms with Gasteiger partial charge in [0.05, 0.1) is 14.2 Å². The Kier molecular flexibility index (Phi) is 10.3. The predicted molar refractivity (Wildman–Crippen MR) is 129 cm³/mol. The first kappa shape index (κ1) is 26.3. The van der Waals surface area contributed by atoms with E-state index in [0.717, 1.165) is 12.0 Å². The van der Waals surface area contributed by atoms with Crippen LogP contribution in [-0.4, -0.2) is 49.6 Å². The minimum absolute atomic E-state index is 0.00399. The number of benzene rings is 2. The summed E-state index contributed by atoms with van der Waals surface area (Å²) < 4.78 is 16.3. The lowest BCUT2D eigenvalue weighted by atomic mass is 10.1. The van der Waals surface area contributed by atoms with Crippen molar-refractivity contribution in [3.05, 3.63) is 53.1 Å². The first-order chi connectivity index (χ1) is 15.8. The van der Waals surface area contributed by atoms with Gasteiger partial charge in [-0.15, -0.1) is 0 Å². The van der Waals surface area contributed by atoms with E-state index in [1.54, 1.807) is 24.3 Å². The van der Waals surface area contributed by atoms with Crippen molar-refractivity contribution in [2.75, 3.05) is 20.8 Å². The molecule has 0 radical (unpaired) electrons. The van der Waals surface area contributed by atoms with Crippen LogP contribution in [0.2, 0.25) is 5.02 Å². The van der Waals surface area contributed by atoms with Crippen LogP contribution in [0.1, 0.15) is 39.2 Å². The number of ether oxygens (including phenoxy) is 3. The highest BCUT2D eigenvalue weighted by atomic mass is 35.5. The molecule has 0 saturated carbocycles. The Morgan fingerprint density at radius 1 is 1.00 bits per heavy atom. The fourth-order valence-electron chi connectivity index (χ4n) is 3.26. The molecule has 0 spiro atoms. The zero-order valence-corrected chi connectivity index (χ0v) is 20.6. The van der Waals surface area contributed by atoms with Crippen molar-refractivity contribution >= 4 is 23.4 Å². The summed E-state index contributed by atoms with van der Waals surface area (Å²) >= 11 is 6.35. The Bertz CT molecular complexity index is 915. The summed E-state index contributed by atoms with van der Waals surface area (Å²) in [6.07, 6.45) is 1.24. The summed E-state index contributed by atoms with van der Waals surface area (Å²) in [7, 11) is 3.08. The predicted octanol–water partition coefficient (Wildman–Crippen LogP) is 4.46. The van der Waals surface area contributed by atoms with Gasteiger partial charge < -0.3 is 24.4 Å². The van der Waals surface area contributed by atoms with Gasteiger partial charge in [0.25, 0.3) is 5.91 Å². The van der Waals surface area contributed by atoms with Gasteiger partial charge in [-0.25, -0.2) is 0 Å². The summed E-state index contributed by atoms with van der Waals surface area (Å²) in [4.78, 5) is 27.8. The maximum atomic E-state index is 13.3. The standard InChI is InChI=1S/C25H33ClN2O5/c1-6-17(3)27-25(30)23(7-2)28(15-18-10-8-9-11-22(18)26)24(29)16-33-21-13-19(31-4)12-20(14-21)32-5/h8-14,17,23H,6-7,15-16H2,1-5H3,(H,27,30)/t17-,23+/m1/s1. The molecule has 2 aromatic rings. The van der Waals surface area contributed by atoms with Gasteiger partial charge >= 0.3 is 0 Å². The Hall–Kier alpha value is -2.93. The van der Waals surface area contributed by atoms with Crippen LogP contribution >= 0.6 is 11.6 Å². The highest BCUT2D eigenvalue weighted by Crippen LogP contribution is 2.27. The van der Waals surface area contributed by atoms with Crippen molar-refractivity contribution in [3.63, 3.8) is 0 Å². The molecule has 7 nitrogen and oxygen atoms in total. The number of hydrogen-bond acceptors (Lipinski definition) is 5. The van der Waals surface area contributed by atoms with Crippen molar-refractivity contribution in [1.82, 2.24) is 10.2 Å². The maximum absolute atomic E-state index is 13.3. The second-order valence-electron chi connectivity index (χ2n) is 7.69. The summed E-state index contributed by atoms with van der Waals surface area (Å²) in [5.74, 6) is 0.987. The topological polar surface area (TPSA) is 77.1 Å². The molecule has 2 aromatic carbocycles. The van der Waals surface area contributed by atoms with Crippen LogP contribution in [0, 0.1) is 0 Å². The van der Waals surface area contributed by atoms with Gasteiger partial charge in [-0.2, -0.15) is 0 Å². The van der Waals surface area contributed by atoms with E-state index in [-0.39, 0.29) is 31.0 Å². The SMILES string of the molecule is CC[C@@H](C)NC(=O)[C@H](CC)N(Cc1ccccc1Cl)C(=O)COc1cc(OC)cc(OC)c1. The van der Waals surface area contributed by atoms with Gasteiger partial charge in [-0.1, -0.05) is 43.6 Å². The van der Waals surface area contributed by atoms with Gasteiger partial charge in [-0.05, 0) is 31.4 Å². The van der Waals surface area contributed by atoms with E-state index in [1.807, 2.05) is 39.0 Å². The Labute approximate surface area is 201 Å². The van der Waals surface area contributed by atoms with Crippen LogP contribution in [0.4, 0.5) is 0 Å². The molecular formula is C25H33ClN2O5. The lowest BCUT2D eigenvalue weighted by Crippen LogP contribution is -2.51. The van der Waals surface area contributed by atoms with Crippen LogP contribution in [0.5, 0.6) is 17.2 Å². The average Bonchev–Trinajstić information content (AvgIpc) is 2.83. The quantitative estimate of drug-likeness (QED) is 0.489. The molecule has 0 aliphatic heterocycles.